The summed E-state index contributed by atoms with van der Waals surface area (Å²) in [6, 6.07) is 10.8. The molecule has 0 spiro atoms. The molecular formula is C14H20NO. The minimum Gasteiger partial charge on any atom is -0.303 e. The van der Waals surface area contributed by atoms with E-state index in [0.29, 0.717) is 0 Å². The fourth-order valence-electron chi connectivity index (χ4n) is 2.50. The molecule has 0 aromatic heterocycles. The second-order valence-electron chi connectivity index (χ2n) is 4.58. The van der Waals surface area contributed by atoms with Crippen LogP contribution in [-0.2, 0) is 5.11 Å². The van der Waals surface area contributed by atoms with Crippen LogP contribution in [0.2, 0.25) is 0 Å². The third kappa shape index (κ3) is 3.06. The average Bonchev–Trinajstić information content (AvgIpc) is 2.38. The third-order valence-corrected chi connectivity index (χ3v) is 3.48. The van der Waals surface area contributed by atoms with Crippen molar-refractivity contribution in [3.63, 3.8) is 0 Å². The van der Waals surface area contributed by atoms with E-state index in [0.717, 1.165) is 32.0 Å². The summed E-state index contributed by atoms with van der Waals surface area (Å²) in [7, 11) is 0. The highest BCUT2D eigenvalue weighted by Gasteiger charge is 2.19. The monoisotopic (exact) mass is 218 g/mol. The Morgan fingerprint density at radius 2 is 1.81 bits per heavy atom. The standard InChI is InChI=1S/C14H20NO/c16-12-4-9-15-10-7-14(8-11-15)13-5-2-1-3-6-13/h1-3,5-6,14H,4,7-12H2. The van der Waals surface area contributed by atoms with Crippen molar-refractivity contribution < 1.29 is 5.11 Å². The van der Waals surface area contributed by atoms with Crippen molar-refractivity contribution in [2.45, 2.75) is 25.2 Å². The first kappa shape index (κ1) is 11.6. The molecule has 1 radical (unpaired) electrons. The number of piperidine rings is 1. The molecule has 0 saturated carbocycles. The van der Waals surface area contributed by atoms with Crippen LogP contribution in [0.5, 0.6) is 0 Å². The maximum atomic E-state index is 10.4. The van der Waals surface area contributed by atoms with E-state index in [9.17, 15) is 5.11 Å². The molecule has 0 bridgehead atoms. The van der Waals surface area contributed by atoms with Crippen molar-refractivity contribution in [1.29, 1.82) is 0 Å². The normalized spacial score (nSPS) is 18.8. The summed E-state index contributed by atoms with van der Waals surface area (Å²) in [6.07, 6.45) is 3.28. The van der Waals surface area contributed by atoms with Crippen molar-refractivity contribution in [3.8, 4) is 0 Å². The van der Waals surface area contributed by atoms with Gasteiger partial charge >= 0.3 is 0 Å². The van der Waals surface area contributed by atoms with Crippen molar-refractivity contribution in [3.05, 3.63) is 35.9 Å². The van der Waals surface area contributed by atoms with Gasteiger partial charge in [-0.15, -0.1) is 0 Å². The van der Waals surface area contributed by atoms with Crippen LogP contribution in [0.25, 0.3) is 0 Å². The molecule has 2 heteroatoms. The van der Waals surface area contributed by atoms with Crippen LogP contribution in [0.15, 0.2) is 30.3 Å². The highest BCUT2D eigenvalue weighted by molar-refractivity contribution is 5.19. The molecule has 1 fully saturated rings. The van der Waals surface area contributed by atoms with Crippen molar-refractivity contribution in [2.75, 3.05) is 26.2 Å². The molecule has 1 aromatic carbocycles. The van der Waals surface area contributed by atoms with Crippen LogP contribution >= 0.6 is 0 Å². The van der Waals surface area contributed by atoms with Gasteiger partial charge in [-0.05, 0) is 43.8 Å². The zero-order chi connectivity index (χ0) is 11.2. The molecule has 1 heterocycles. The Hall–Kier alpha value is -0.860. The van der Waals surface area contributed by atoms with E-state index in [1.807, 2.05) is 0 Å². The predicted molar refractivity (Wildman–Crippen MR) is 65.0 cm³/mol. The van der Waals surface area contributed by atoms with Crippen LogP contribution < -0.4 is 0 Å². The molecule has 87 valence electrons. The quantitative estimate of drug-likeness (QED) is 0.762. The zero-order valence-corrected chi connectivity index (χ0v) is 9.77. The van der Waals surface area contributed by atoms with Gasteiger partial charge in [-0.3, -0.25) is 0 Å². The summed E-state index contributed by atoms with van der Waals surface area (Å²) in [4.78, 5) is 2.43. The first-order chi connectivity index (χ1) is 7.90. The highest BCUT2D eigenvalue weighted by Crippen LogP contribution is 2.27. The molecule has 1 aromatic rings. The smallest absolute Gasteiger partial charge is 0.0834 e. The minimum atomic E-state index is 0.0681. The van der Waals surface area contributed by atoms with Crippen LogP contribution in [0, 0.1) is 0 Å². The van der Waals surface area contributed by atoms with Crippen LogP contribution in [0.3, 0.4) is 0 Å². The van der Waals surface area contributed by atoms with Gasteiger partial charge in [-0.2, -0.15) is 0 Å². The molecule has 0 aliphatic carbocycles. The lowest BCUT2D eigenvalue weighted by Gasteiger charge is -2.31. The summed E-state index contributed by atoms with van der Waals surface area (Å²) in [5.74, 6) is 0.727. The van der Waals surface area contributed by atoms with Gasteiger partial charge < -0.3 is 4.90 Å². The lowest BCUT2D eigenvalue weighted by Crippen LogP contribution is -2.33. The first-order valence-electron chi connectivity index (χ1n) is 6.25. The van der Waals surface area contributed by atoms with Crippen molar-refractivity contribution >= 4 is 0 Å². The average molecular weight is 218 g/mol. The van der Waals surface area contributed by atoms with E-state index in [4.69, 9.17) is 0 Å². The van der Waals surface area contributed by atoms with E-state index in [1.165, 1.54) is 18.4 Å². The van der Waals surface area contributed by atoms with Crippen molar-refractivity contribution in [1.82, 2.24) is 4.90 Å². The molecule has 16 heavy (non-hydrogen) atoms. The molecule has 2 nitrogen and oxygen atoms in total. The van der Waals surface area contributed by atoms with Crippen LogP contribution in [-0.4, -0.2) is 31.1 Å². The largest absolute Gasteiger partial charge is 0.303 e. The van der Waals surface area contributed by atoms with Gasteiger partial charge in [0.15, 0.2) is 0 Å². The third-order valence-electron chi connectivity index (χ3n) is 3.48. The molecule has 1 saturated heterocycles. The summed E-state index contributed by atoms with van der Waals surface area (Å²) >= 11 is 0. The molecule has 0 amide bonds. The SMILES string of the molecule is [O]CCCN1CCC(c2ccccc2)CC1. The second kappa shape index (κ2) is 6.02. The Balaban J connectivity index is 1.81. The van der Waals surface area contributed by atoms with Gasteiger partial charge in [0.1, 0.15) is 0 Å². The van der Waals surface area contributed by atoms with E-state index < -0.39 is 0 Å². The molecule has 1 aliphatic heterocycles. The van der Waals surface area contributed by atoms with Gasteiger partial charge in [0, 0.05) is 6.54 Å². The number of nitrogens with zero attached hydrogens (tertiary/aromatic N) is 1. The van der Waals surface area contributed by atoms with Crippen LogP contribution in [0.4, 0.5) is 0 Å². The first-order valence-corrected chi connectivity index (χ1v) is 6.25. The van der Waals surface area contributed by atoms with E-state index in [2.05, 4.69) is 35.2 Å². The number of hydrogen-bond acceptors (Lipinski definition) is 1. The van der Waals surface area contributed by atoms with E-state index in [-0.39, 0.29) is 6.61 Å². The van der Waals surface area contributed by atoms with Gasteiger partial charge in [-0.1, -0.05) is 30.3 Å². The number of likely N-dealkylation sites (tertiary alicyclic amines) is 1. The molecule has 0 unspecified atom stereocenters. The Bertz CT molecular complexity index is 291. The molecule has 0 N–H and O–H groups in total. The summed E-state index contributed by atoms with van der Waals surface area (Å²) in [5, 5.41) is 10.4. The van der Waals surface area contributed by atoms with Gasteiger partial charge in [-0.25, -0.2) is 5.11 Å². The van der Waals surface area contributed by atoms with Crippen molar-refractivity contribution in [2.24, 2.45) is 0 Å². The maximum Gasteiger partial charge on any atom is 0.0834 e. The molecular weight excluding hydrogens is 198 g/mol. The highest BCUT2D eigenvalue weighted by atomic mass is 16.3. The molecule has 1 aliphatic rings. The maximum absolute atomic E-state index is 10.4. The predicted octanol–water partition coefficient (Wildman–Crippen LogP) is 2.69. The fourth-order valence-corrected chi connectivity index (χ4v) is 2.50. The molecule has 2 rings (SSSR count). The summed E-state index contributed by atoms with van der Waals surface area (Å²) < 4.78 is 0. The minimum absolute atomic E-state index is 0.0681. The Kier molecular flexibility index (Phi) is 4.37. The number of rotatable bonds is 4. The fraction of sp³-hybridized carbons (Fsp3) is 0.571. The molecule has 0 atom stereocenters. The Morgan fingerprint density at radius 3 is 2.44 bits per heavy atom. The summed E-state index contributed by atoms with van der Waals surface area (Å²) in [6.45, 7) is 3.36. The number of benzene rings is 1. The number of hydrogen-bond donors (Lipinski definition) is 0. The van der Waals surface area contributed by atoms with E-state index >= 15 is 0 Å². The van der Waals surface area contributed by atoms with Gasteiger partial charge in [0.05, 0.1) is 6.61 Å². The topological polar surface area (TPSA) is 23.1 Å². The lowest BCUT2D eigenvalue weighted by molar-refractivity contribution is 0.152. The van der Waals surface area contributed by atoms with Crippen LogP contribution in [0.1, 0.15) is 30.7 Å². The Labute approximate surface area is 97.9 Å². The second-order valence-corrected chi connectivity index (χ2v) is 4.58. The van der Waals surface area contributed by atoms with E-state index in [1.54, 1.807) is 0 Å². The van der Waals surface area contributed by atoms with Gasteiger partial charge in [0.25, 0.3) is 0 Å². The Morgan fingerprint density at radius 1 is 1.12 bits per heavy atom. The summed E-state index contributed by atoms with van der Waals surface area (Å²) in [5.41, 5.74) is 1.48. The van der Waals surface area contributed by atoms with Gasteiger partial charge in [0.2, 0.25) is 0 Å². The zero-order valence-electron chi connectivity index (χ0n) is 9.77. The lowest BCUT2D eigenvalue weighted by atomic mass is 9.89.